The summed E-state index contributed by atoms with van der Waals surface area (Å²) in [5, 5.41) is 3.98. The molecule has 1 heterocycles. The lowest BCUT2D eigenvalue weighted by Gasteiger charge is -2.07. The quantitative estimate of drug-likeness (QED) is 0.721. The number of fused-ring (bicyclic) bond motifs is 1. The van der Waals surface area contributed by atoms with E-state index in [1.165, 1.54) is 0 Å². The summed E-state index contributed by atoms with van der Waals surface area (Å²) in [6, 6.07) is 17.5. The number of amides is 1. The van der Waals surface area contributed by atoms with Gasteiger partial charge >= 0.3 is 0 Å². The second-order valence-electron chi connectivity index (χ2n) is 5.02. The fourth-order valence-corrected chi connectivity index (χ4v) is 2.36. The van der Waals surface area contributed by atoms with Crippen molar-refractivity contribution in [1.29, 1.82) is 0 Å². The maximum absolute atomic E-state index is 12.0. The van der Waals surface area contributed by atoms with E-state index in [9.17, 15) is 4.79 Å². The average molecular weight is 279 g/mol. The lowest BCUT2D eigenvalue weighted by molar-refractivity contribution is -0.121. The number of carbonyl (C=O) groups excluding carboxylic acids is 1. The number of nitrogens with two attached hydrogens (primary N) is 1. The predicted molar refractivity (Wildman–Crippen MR) is 84.6 cm³/mol. The number of nitrogen functional groups attached to an aromatic ring is 1. The lowest BCUT2D eigenvalue weighted by atomic mass is 10.2. The third kappa shape index (κ3) is 3.05. The van der Waals surface area contributed by atoms with Gasteiger partial charge in [0.15, 0.2) is 0 Å². The van der Waals surface area contributed by atoms with Gasteiger partial charge in [-0.05, 0) is 29.8 Å². The molecule has 0 bridgehead atoms. The minimum atomic E-state index is -0.00632. The molecule has 3 aromatic rings. The first kappa shape index (κ1) is 13.2. The zero-order valence-electron chi connectivity index (χ0n) is 11.6. The molecule has 0 fully saturated rings. The zero-order valence-corrected chi connectivity index (χ0v) is 11.6. The Balaban J connectivity index is 1.66. The van der Waals surface area contributed by atoms with Crippen molar-refractivity contribution in [3.05, 3.63) is 66.4 Å². The third-order valence-electron chi connectivity index (χ3n) is 3.44. The molecule has 0 aliphatic carbocycles. The smallest absolute Gasteiger partial charge is 0.240 e. The second-order valence-corrected chi connectivity index (χ2v) is 5.02. The van der Waals surface area contributed by atoms with Crippen molar-refractivity contribution >= 4 is 22.5 Å². The normalized spacial score (nSPS) is 10.7. The molecule has 0 saturated heterocycles. The average Bonchev–Trinajstić information content (AvgIpc) is 2.88. The van der Waals surface area contributed by atoms with E-state index in [1.807, 2.05) is 65.4 Å². The van der Waals surface area contributed by atoms with E-state index in [4.69, 9.17) is 5.73 Å². The molecule has 0 radical (unpaired) electrons. The van der Waals surface area contributed by atoms with Crippen LogP contribution in [0.2, 0.25) is 0 Å². The van der Waals surface area contributed by atoms with Gasteiger partial charge in [-0.1, -0.05) is 30.3 Å². The van der Waals surface area contributed by atoms with Crippen LogP contribution in [-0.4, -0.2) is 10.5 Å². The van der Waals surface area contributed by atoms with Crippen molar-refractivity contribution in [3.63, 3.8) is 0 Å². The number of nitrogens with one attached hydrogen (secondary N) is 1. The van der Waals surface area contributed by atoms with Crippen LogP contribution in [0.15, 0.2) is 60.8 Å². The SMILES string of the molecule is Nc1ccc2c(ccn2CC(=O)NCc2ccccc2)c1. The molecule has 0 saturated carbocycles. The molecule has 106 valence electrons. The molecule has 0 atom stereocenters. The molecular formula is C17H17N3O. The lowest BCUT2D eigenvalue weighted by Crippen LogP contribution is -2.26. The van der Waals surface area contributed by atoms with Crippen LogP contribution in [0.3, 0.4) is 0 Å². The van der Waals surface area contributed by atoms with Gasteiger partial charge in [0, 0.05) is 29.3 Å². The van der Waals surface area contributed by atoms with E-state index in [2.05, 4.69) is 5.32 Å². The molecule has 0 spiro atoms. The highest BCUT2D eigenvalue weighted by Crippen LogP contribution is 2.18. The maximum atomic E-state index is 12.0. The summed E-state index contributed by atoms with van der Waals surface area (Å²) in [7, 11) is 0. The summed E-state index contributed by atoms with van der Waals surface area (Å²) in [6.07, 6.45) is 1.91. The van der Waals surface area contributed by atoms with Crippen LogP contribution in [-0.2, 0) is 17.9 Å². The molecule has 21 heavy (non-hydrogen) atoms. The summed E-state index contributed by atoms with van der Waals surface area (Å²) in [5.74, 6) is -0.00632. The molecule has 0 aliphatic rings. The van der Waals surface area contributed by atoms with E-state index >= 15 is 0 Å². The van der Waals surface area contributed by atoms with Crippen molar-refractivity contribution in [2.45, 2.75) is 13.1 Å². The summed E-state index contributed by atoms with van der Waals surface area (Å²) in [6.45, 7) is 0.853. The number of anilines is 1. The Labute approximate surface area is 123 Å². The highest BCUT2D eigenvalue weighted by Gasteiger charge is 2.06. The topological polar surface area (TPSA) is 60.0 Å². The number of hydrogen-bond acceptors (Lipinski definition) is 2. The largest absolute Gasteiger partial charge is 0.399 e. The Kier molecular flexibility index (Phi) is 3.60. The molecule has 1 amide bonds. The number of benzene rings is 2. The van der Waals surface area contributed by atoms with Gasteiger partial charge in [0.2, 0.25) is 5.91 Å². The van der Waals surface area contributed by atoms with Crippen LogP contribution in [0, 0.1) is 0 Å². The first-order valence-corrected chi connectivity index (χ1v) is 6.87. The van der Waals surface area contributed by atoms with Gasteiger partial charge < -0.3 is 15.6 Å². The standard InChI is InChI=1S/C17H17N3O/c18-15-6-7-16-14(10-15)8-9-20(16)12-17(21)19-11-13-4-2-1-3-5-13/h1-10H,11-12,18H2,(H,19,21). The van der Waals surface area contributed by atoms with Crippen molar-refractivity contribution < 1.29 is 4.79 Å². The summed E-state index contributed by atoms with van der Waals surface area (Å²) >= 11 is 0. The molecule has 0 unspecified atom stereocenters. The van der Waals surface area contributed by atoms with Crippen LogP contribution in [0.4, 0.5) is 5.69 Å². The summed E-state index contributed by atoms with van der Waals surface area (Å²) in [4.78, 5) is 12.0. The van der Waals surface area contributed by atoms with Gasteiger partial charge in [-0.25, -0.2) is 0 Å². The minimum absolute atomic E-state index is 0.00632. The molecule has 4 heteroatoms. The highest BCUT2D eigenvalue weighted by atomic mass is 16.1. The second kappa shape index (κ2) is 5.71. The van der Waals surface area contributed by atoms with Crippen LogP contribution in [0.1, 0.15) is 5.56 Å². The van der Waals surface area contributed by atoms with Crippen molar-refractivity contribution in [1.82, 2.24) is 9.88 Å². The zero-order chi connectivity index (χ0) is 14.7. The van der Waals surface area contributed by atoms with E-state index < -0.39 is 0 Å². The molecule has 3 rings (SSSR count). The van der Waals surface area contributed by atoms with Gasteiger partial charge in [-0.3, -0.25) is 4.79 Å². The van der Waals surface area contributed by atoms with Crippen LogP contribution in [0.5, 0.6) is 0 Å². The van der Waals surface area contributed by atoms with E-state index in [0.717, 1.165) is 22.2 Å². The fourth-order valence-electron chi connectivity index (χ4n) is 2.36. The minimum Gasteiger partial charge on any atom is -0.399 e. The number of hydrogen-bond donors (Lipinski definition) is 2. The molecular weight excluding hydrogens is 262 g/mol. The van der Waals surface area contributed by atoms with Crippen molar-refractivity contribution in [2.75, 3.05) is 5.73 Å². The number of aromatic nitrogens is 1. The van der Waals surface area contributed by atoms with Crippen LogP contribution < -0.4 is 11.1 Å². The van der Waals surface area contributed by atoms with Crippen molar-refractivity contribution in [3.8, 4) is 0 Å². The van der Waals surface area contributed by atoms with Crippen LogP contribution >= 0.6 is 0 Å². The molecule has 0 aliphatic heterocycles. The first-order valence-electron chi connectivity index (χ1n) is 6.87. The molecule has 1 aromatic heterocycles. The van der Waals surface area contributed by atoms with Gasteiger partial charge in [-0.2, -0.15) is 0 Å². The van der Waals surface area contributed by atoms with E-state index in [0.29, 0.717) is 13.1 Å². The Morgan fingerprint density at radius 2 is 1.90 bits per heavy atom. The van der Waals surface area contributed by atoms with Crippen molar-refractivity contribution in [2.24, 2.45) is 0 Å². The summed E-state index contributed by atoms with van der Waals surface area (Å²) < 4.78 is 1.93. The van der Waals surface area contributed by atoms with Gasteiger partial charge in [-0.15, -0.1) is 0 Å². The van der Waals surface area contributed by atoms with Gasteiger partial charge in [0.1, 0.15) is 6.54 Å². The highest BCUT2D eigenvalue weighted by molar-refractivity contribution is 5.85. The predicted octanol–water partition coefficient (Wildman–Crippen LogP) is 2.54. The fraction of sp³-hybridized carbons (Fsp3) is 0.118. The van der Waals surface area contributed by atoms with Gasteiger partial charge in [0.25, 0.3) is 0 Å². The maximum Gasteiger partial charge on any atom is 0.240 e. The number of carbonyl (C=O) groups is 1. The molecule has 3 N–H and O–H groups in total. The molecule has 2 aromatic carbocycles. The number of rotatable bonds is 4. The van der Waals surface area contributed by atoms with E-state index in [1.54, 1.807) is 0 Å². The Hall–Kier alpha value is -2.75. The molecule has 4 nitrogen and oxygen atoms in total. The first-order chi connectivity index (χ1) is 10.2. The number of nitrogens with zero attached hydrogens (tertiary/aromatic N) is 1. The Morgan fingerprint density at radius 3 is 2.71 bits per heavy atom. The Bertz CT molecular complexity index is 762. The van der Waals surface area contributed by atoms with Crippen LogP contribution in [0.25, 0.3) is 10.9 Å². The van der Waals surface area contributed by atoms with E-state index in [-0.39, 0.29) is 5.91 Å². The van der Waals surface area contributed by atoms with Gasteiger partial charge in [0.05, 0.1) is 0 Å². The third-order valence-corrected chi connectivity index (χ3v) is 3.44. The monoisotopic (exact) mass is 279 g/mol. The Morgan fingerprint density at radius 1 is 1.10 bits per heavy atom. The summed E-state index contributed by atoms with van der Waals surface area (Å²) in [5.41, 5.74) is 8.59.